The van der Waals surface area contributed by atoms with Crippen LogP contribution in [0.2, 0.25) is 5.02 Å². The van der Waals surface area contributed by atoms with E-state index in [1.807, 2.05) is 17.5 Å². The van der Waals surface area contributed by atoms with Crippen molar-refractivity contribution >= 4 is 34.5 Å². The fraction of sp³-hybridized carbons (Fsp3) is 0.353. The van der Waals surface area contributed by atoms with Crippen molar-refractivity contribution in [2.24, 2.45) is 0 Å². The molecule has 1 fully saturated rings. The van der Waals surface area contributed by atoms with Crippen LogP contribution in [0, 0.1) is 10.1 Å². The van der Waals surface area contributed by atoms with Crippen molar-refractivity contribution in [2.45, 2.75) is 6.04 Å². The first-order valence-corrected chi connectivity index (χ1v) is 9.39. The lowest BCUT2D eigenvalue weighted by Crippen LogP contribution is -2.43. The summed E-state index contributed by atoms with van der Waals surface area (Å²) in [5.74, 6) is -0.361. The third-order valence-corrected chi connectivity index (χ3v) is 5.51. The number of hydrogen-bond donors (Lipinski definition) is 1. The molecule has 1 aromatic carbocycles. The van der Waals surface area contributed by atoms with Crippen molar-refractivity contribution in [3.63, 3.8) is 0 Å². The number of amides is 1. The van der Waals surface area contributed by atoms with E-state index in [0.29, 0.717) is 19.8 Å². The van der Waals surface area contributed by atoms with Gasteiger partial charge in [-0.1, -0.05) is 17.7 Å². The highest BCUT2D eigenvalue weighted by molar-refractivity contribution is 7.10. The Labute approximate surface area is 159 Å². The SMILES string of the molecule is O=C(NC[C@H](c1cccs1)N1CCOCC1)c1ccc(Cl)c([N+](=O)[O-])c1. The minimum absolute atomic E-state index is 0.0105. The molecule has 2 heterocycles. The van der Waals surface area contributed by atoms with Gasteiger partial charge in [0.1, 0.15) is 5.02 Å². The fourth-order valence-corrected chi connectivity index (χ4v) is 3.91. The molecule has 0 aliphatic carbocycles. The van der Waals surface area contributed by atoms with Crippen molar-refractivity contribution in [1.82, 2.24) is 10.2 Å². The first kappa shape index (κ1) is 18.8. The lowest BCUT2D eigenvalue weighted by atomic mass is 10.1. The predicted molar refractivity (Wildman–Crippen MR) is 99.9 cm³/mol. The Bertz CT molecular complexity index is 778. The molecule has 1 amide bonds. The fourth-order valence-electron chi connectivity index (χ4n) is 2.86. The van der Waals surface area contributed by atoms with Crippen LogP contribution in [0.15, 0.2) is 35.7 Å². The van der Waals surface area contributed by atoms with Gasteiger partial charge in [-0.25, -0.2) is 0 Å². The molecule has 1 aliphatic heterocycles. The molecule has 1 saturated heterocycles. The molecule has 1 aliphatic rings. The third-order valence-electron chi connectivity index (χ3n) is 4.22. The Hall–Kier alpha value is -2.00. The number of nitro benzene ring substituents is 1. The Morgan fingerprint density at radius 3 is 2.81 bits per heavy atom. The molecule has 0 radical (unpaired) electrons. The molecule has 0 bridgehead atoms. The van der Waals surface area contributed by atoms with E-state index < -0.39 is 4.92 Å². The Morgan fingerprint density at radius 2 is 2.15 bits per heavy atom. The molecule has 0 spiro atoms. The van der Waals surface area contributed by atoms with Gasteiger partial charge in [0.2, 0.25) is 0 Å². The largest absolute Gasteiger partial charge is 0.379 e. The Kier molecular flexibility index (Phi) is 6.20. The second-order valence-corrected chi connectivity index (χ2v) is 7.20. The number of nitrogens with zero attached hydrogens (tertiary/aromatic N) is 2. The quantitative estimate of drug-likeness (QED) is 0.600. The van der Waals surface area contributed by atoms with Gasteiger partial charge in [0.05, 0.1) is 24.2 Å². The first-order chi connectivity index (χ1) is 12.6. The van der Waals surface area contributed by atoms with Crippen LogP contribution in [0.3, 0.4) is 0 Å². The zero-order valence-corrected chi connectivity index (χ0v) is 15.5. The summed E-state index contributed by atoms with van der Waals surface area (Å²) >= 11 is 7.44. The van der Waals surface area contributed by atoms with Crippen molar-refractivity contribution in [1.29, 1.82) is 0 Å². The van der Waals surface area contributed by atoms with E-state index in [1.165, 1.54) is 18.2 Å². The number of hydrogen-bond acceptors (Lipinski definition) is 6. The summed E-state index contributed by atoms with van der Waals surface area (Å²) in [7, 11) is 0. The van der Waals surface area contributed by atoms with Crippen LogP contribution in [-0.2, 0) is 4.74 Å². The van der Waals surface area contributed by atoms with E-state index in [4.69, 9.17) is 16.3 Å². The summed E-state index contributed by atoms with van der Waals surface area (Å²) < 4.78 is 5.41. The van der Waals surface area contributed by atoms with Gasteiger partial charge in [-0.2, -0.15) is 0 Å². The number of nitro groups is 1. The Balaban J connectivity index is 1.71. The molecular weight excluding hydrogens is 378 g/mol. The van der Waals surface area contributed by atoms with Gasteiger partial charge < -0.3 is 10.1 Å². The third kappa shape index (κ3) is 4.39. The van der Waals surface area contributed by atoms with Crippen LogP contribution < -0.4 is 5.32 Å². The average molecular weight is 396 g/mol. The molecule has 1 aromatic heterocycles. The lowest BCUT2D eigenvalue weighted by molar-refractivity contribution is -0.384. The maximum absolute atomic E-state index is 12.5. The van der Waals surface area contributed by atoms with E-state index >= 15 is 0 Å². The Morgan fingerprint density at radius 1 is 1.38 bits per heavy atom. The lowest BCUT2D eigenvalue weighted by Gasteiger charge is -2.34. The molecule has 0 saturated carbocycles. The number of benzene rings is 1. The van der Waals surface area contributed by atoms with E-state index in [0.717, 1.165) is 18.0 Å². The molecule has 138 valence electrons. The maximum Gasteiger partial charge on any atom is 0.288 e. The van der Waals surface area contributed by atoms with Crippen LogP contribution in [0.5, 0.6) is 0 Å². The predicted octanol–water partition coefficient (Wildman–Crippen LogP) is 3.11. The van der Waals surface area contributed by atoms with Gasteiger partial charge in [0.25, 0.3) is 11.6 Å². The highest BCUT2D eigenvalue weighted by Crippen LogP contribution is 2.27. The second kappa shape index (κ2) is 8.59. The minimum Gasteiger partial charge on any atom is -0.379 e. The molecule has 1 N–H and O–H groups in total. The van der Waals surface area contributed by atoms with E-state index in [-0.39, 0.29) is 28.2 Å². The summed E-state index contributed by atoms with van der Waals surface area (Å²) in [5.41, 5.74) is -0.0599. The van der Waals surface area contributed by atoms with Gasteiger partial charge >= 0.3 is 0 Å². The molecule has 3 rings (SSSR count). The number of morpholine rings is 1. The molecule has 7 nitrogen and oxygen atoms in total. The van der Waals surface area contributed by atoms with E-state index in [1.54, 1.807) is 11.3 Å². The molecule has 9 heteroatoms. The summed E-state index contributed by atoms with van der Waals surface area (Å²) in [6.45, 7) is 3.34. The zero-order valence-electron chi connectivity index (χ0n) is 13.9. The van der Waals surface area contributed by atoms with Gasteiger partial charge in [-0.15, -0.1) is 11.3 Å². The minimum atomic E-state index is -0.596. The van der Waals surface area contributed by atoms with Crippen molar-refractivity contribution in [2.75, 3.05) is 32.8 Å². The average Bonchev–Trinajstić information content (AvgIpc) is 3.17. The molecule has 26 heavy (non-hydrogen) atoms. The normalized spacial score (nSPS) is 16.2. The highest BCUT2D eigenvalue weighted by atomic mass is 35.5. The summed E-state index contributed by atoms with van der Waals surface area (Å²) in [6, 6.07) is 8.13. The van der Waals surface area contributed by atoms with Crippen molar-refractivity contribution in [3.8, 4) is 0 Å². The number of nitrogens with one attached hydrogen (secondary N) is 1. The number of carbonyl (C=O) groups is 1. The monoisotopic (exact) mass is 395 g/mol. The number of ether oxygens (including phenoxy) is 1. The van der Waals surface area contributed by atoms with Gasteiger partial charge in [-0.3, -0.25) is 19.8 Å². The van der Waals surface area contributed by atoms with Gasteiger partial charge in [0.15, 0.2) is 0 Å². The zero-order chi connectivity index (χ0) is 18.5. The maximum atomic E-state index is 12.5. The second-order valence-electron chi connectivity index (χ2n) is 5.81. The van der Waals surface area contributed by atoms with Crippen molar-refractivity contribution < 1.29 is 14.5 Å². The topological polar surface area (TPSA) is 84.7 Å². The van der Waals surface area contributed by atoms with Crippen LogP contribution in [0.4, 0.5) is 5.69 Å². The summed E-state index contributed by atoms with van der Waals surface area (Å²) in [4.78, 5) is 26.3. The van der Waals surface area contributed by atoms with E-state index in [2.05, 4.69) is 10.2 Å². The number of thiophene rings is 1. The van der Waals surface area contributed by atoms with E-state index in [9.17, 15) is 14.9 Å². The first-order valence-electron chi connectivity index (χ1n) is 8.13. The summed E-state index contributed by atoms with van der Waals surface area (Å²) in [6.07, 6.45) is 0. The smallest absolute Gasteiger partial charge is 0.288 e. The standard InChI is InChI=1S/C17H18ClN3O4S/c18-13-4-3-12(10-14(13)21(23)24)17(22)19-11-15(16-2-1-9-26-16)20-5-7-25-8-6-20/h1-4,9-10,15H,5-8,11H2,(H,19,22)/t15-/m1/s1. The van der Waals surface area contributed by atoms with Crippen LogP contribution in [0.1, 0.15) is 21.3 Å². The molecule has 2 aromatic rings. The van der Waals surface area contributed by atoms with Gasteiger partial charge in [-0.05, 0) is 23.6 Å². The number of halogens is 1. The highest BCUT2D eigenvalue weighted by Gasteiger charge is 2.24. The van der Waals surface area contributed by atoms with Crippen LogP contribution in [0.25, 0.3) is 0 Å². The molecule has 0 unspecified atom stereocenters. The van der Waals surface area contributed by atoms with Crippen LogP contribution >= 0.6 is 22.9 Å². The van der Waals surface area contributed by atoms with Crippen LogP contribution in [-0.4, -0.2) is 48.6 Å². The molecular formula is C17H18ClN3O4S. The molecule has 1 atom stereocenters. The van der Waals surface area contributed by atoms with Gasteiger partial charge in [0, 0.05) is 36.1 Å². The number of rotatable bonds is 6. The van der Waals surface area contributed by atoms with Crippen molar-refractivity contribution in [3.05, 3.63) is 61.3 Å². The summed E-state index contributed by atoms with van der Waals surface area (Å²) in [5, 5.41) is 15.9. The number of carbonyl (C=O) groups excluding carboxylic acids is 1.